The maximum absolute atomic E-state index is 6.07. The number of rotatable bonds is 1. The Kier molecular flexibility index (Phi) is 2.23. The molecular formula is C12H13ClO2. The number of ether oxygens (including phenoxy) is 2. The molecule has 1 fully saturated rings. The fraction of sp³-hybridized carbons (Fsp3) is 0.500. The normalized spacial score (nSPS) is 33.5. The van der Waals surface area contributed by atoms with Crippen molar-refractivity contribution in [3.63, 3.8) is 0 Å². The maximum atomic E-state index is 6.07. The van der Waals surface area contributed by atoms with Gasteiger partial charge in [0, 0.05) is 13.0 Å². The Morgan fingerprint density at radius 2 is 2.27 bits per heavy atom. The molecule has 1 aromatic rings. The number of benzene rings is 1. The standard InChI is InChI=1S/C12H13ClO2/c13-7-11-9-3-1-2-4-10(9)12(15-11)5-6-14-8-12/h1-4,11H,5-8H2. The second kappa shape index (κ2) is 3.48. The summed E-state index contributed by atoms with van der Waals surface area (Å²) < 4.78 is 11.5. The van der Waals surface area contributed by atoms with Crippen LogP contribution in [0.3, 0.4) is 0 Å². The molecule has 80 valence electrons. The number of hydrogen-bond acceptors (Lipinski definition) is 2. The molecule has 0 aliphatic carbocycles. The number of halogens is 1. The molecule has 3 heteroatoms. The topological polar surface area (TPSA) is 18.5 Å². The van der Waals surface area contributed by atoms with Crippen LogP contribution in [0.4, 0.5) is 0 Å². The van der Waals surface area contributed by atoms with Crippen LogP contribution in [0.5, 0.6) is 0 Å². The summed E-state index contributed by atoms with van der Waals surface area (Å²) in [7, 11) is 0. The number of fused-ring (bicyclic) bond motifs is 2. The Hall–Kier alpha value is -0.570. The van der Waals surface area contributed by atoms with Crippen molar-refractivity contribution in [1.29, 1.82) is 0 Å². The largest absolute Gasteiger partial charge is 0.378 e. The third-order valence-corrected chi connectivity index (χ3v) is 3.57. The molecule has 2 aliphatic heterocycles. The van der Waals surface area contributed by atoms with E-state index in [1.54, 1.807) is 0 Å². The van der Waals surface area contributed by atoms with Gasteiger partial charge in [-0.2, -0.15) is 0 Å². The Morgan fingerprint density at radius 3 is 3.00 bits per heavy atom. The summed E-state index contributed by atoms with van der Waals surface area (Å²) in [6.07, 6.45) is 0.974. The Bertz CT molecular complexity index is 372. The molecule has 2 aliphatic rings. The van der Waals surface area contributed by atoms with Crippen LogP contribution in [0.2, 0.25) is 0 Å². The second-order valence-electron chi connectivity index (χ2n) is 4.14. The van der Waals surface area contributed by atoms with Gasteiger partial charge in [-0.25, -0.2) is 0 Å². The highest BCUT2D eigenvalue weighted by Gasteiger charge is 2.47. The van der Waals surface area contributed by atoms with E-state index in [0.29, 0.717) is 12.5 Å². The monoisotopic (exact) mass is 224 g/mol. The molecule has 0 bridgehead atoms. The van der Waals surface area contributed by atoms with Crippen LogP contribution in [-0.2, 0) is 15.1 Å². The molecule has 2 unspecified atom stereocenters. The zero-order valence-electron chi connectivity index (χ0n) is 8.41. The van der Waals surface area contributed by atoms with Gasteiger partial charge in [0.05, 0.1) is 18.6 Å². The zero-order chi connectivity index (χ0) is 10.3. The van der Waals surface area contributed by atoms with Crippen molar-refractivity contribution in [2.24, 2.45) is 0 Å². The van der Waals surface area contributed by atoms with Crippen molar-refractivity contribution >= 4 is 11.6 Å². The van der Waals surface area contributed by atoms with Gasteiger partial charge in [-0.3, -0.25) is 0 Å². The maximum Gasteiger partial charge on any atom is 0.120 e. The molecule has 0 radical (unpaired) electrons. The predicted octanol–water partition coefficient (Wildman–Crippen LogP) is 2.61. The molecule has 0 saturated carbocycles. The molecule has 0 N–H and O–H groups in total. The minimum Gasteiger partial charge on any atom is -0.378 e. The highest BCUT2D eigenvalue weighted by atomic mass is 35.5. The van der Waals surface area contributed by atoms with Crippen molar-refractivity contribution < 1.29 is 9.47 Å². The first kappa shape index (κ1) is 9.64. The van der Waals surface area contributed by atoms with Gasteiger partial charge in [0.2, 0.25) is 0 Å². The van der Waals surface area contributed by atoms with Crippen molar-refractivity contribution in [3.05, 3.63) is 35.4 Å². The Labute approximate surface area is 94.1 Å². The van der Waals surface area contributed by atoms with Crippen LogP contribution in [0, 0.1) is 0 Å². The average Bonchev–Trinajstić information content (AvgIpc) is 2.87. The van der Waals surface area contributed by atoms with Crippen LogP contribution < -0.4 is 0 Å². The lowest BCUT2D eigenvalue weighted by molar-refractivity contribution is -0.0704. The first-order valence-corrected chi connectivity index (χ1v) is 5.80. The van der Waals surface area contributed by atoms with E-state index in [1.165, 1.54) is 11.1 Å². The molecule has 1 aromatic carbocycles. The third-order valence-electron chi connectivity index (χ3n) is 3.29. The smallest absolute Gasteiger partial charge is 0.120 e. The van der Waals surface area contributed by atoms with Crippen LogP contribution in [0.15, 0.2) is 24.3 Å². The SMILES string of the molecule is ClCC1OC2(CCOC2)c2ccccc21. The first-order chi connectivity index (χ1) is 7.36. The van der Waals surface area contributed by atoms with E-state index in [9.17, 15) is 0 Å². The van der Waals surface area contributed by atoms with E-state index < -0.39 is 0 Å². The quantitative estimate of drug-likeness (QED) is 0.683. The fourth-order valence-electron chi connectivity index (χ4n) is 2.56. The first-order valence-electron chi connectivity index (χ1n) is 5.27. The lowest BCUT2D eigenvalue weighted by Gasteiger charge is -2.22. The lowest BCUT2D eigenvalue weighted by atomic mass is 9.91. The van der Waals surface area contributed by atoms with Gasteiger partial charge >= 0.3 is 0 Å². The van der Waals surface area contributed by atoms with Crippen LogP contribution in [-0.4, -0.2) is 19.1 Å². The molecule has 2 nitrogen and oxygen atoms in total. The van der Waals surface area contributed by atoms with E-state index in [4.69, 9.17) is 21.1 Å². The van der Waals surface area contributed by atoms with Crippen LogP contribution >= 0.6 is 11.6 Å². The van der Waals surface area contributed by atoms with E-state index in [0.717, 1.165) is 13.0 Å². The van der Waals surface area contributed by atoms with Crippen molar-refractivity contribution in [2.75, 3.05) is 19.1 Å². The van der Waals surface area contributed by atoms with Gasteiger partial charge in [0.1, 0.15) is 5.60 Å². The van der Waals surface area contributed by atoms with Gasteiger partial charge in [0.25, 0.3) is 0 Å². The van der Waals surface area contributed by atoms with Crippen LogP contribution in [0.1, 0.15) is 23.7 Å². The number of alkyl halides is 1. The lowest BCUT2D eigenvalue weighted by Crippen LogP contribution is -2.25. The molecule has 2 heterocycles. The summed E-state index contributed by atoms with van der Waals surface area (Å²) >= 11 is 5.93. The molecule has 1 spiro atoms. The highest BCUT2D eigenvalue weighted by molar-refractivity contribution is 6.18. The molecule has 15 heavy (non-hydrogen) atoms. The third kappa shape index (κ3) is 1.32. The van der Waals surface area contributed by atoms with Crippen molar-refractivity contribution in [2.45, 2.75) is 18.1 Å². The minimum atomic E-state index is -0.212. The fourth-order valence-corrected chi connectivity index (χ4v) is 2.79. The van der Waals surface area contributed by atoms with Gasteiger partial charge < -0.3 is 9.47 Å². The second-order valence-corrected chi connectivity index (χ2v) is 4.45. The highest BCUT2D eigenvalue weighted by Crippen LogP contribution is 2.48. The molecule has 3 rings (SSSR count). The van der Waals surface area contributed by atoms with Gasteiger partial charge in [0.15, 0.2) is 0 Å². The van der Waals surface area contributed by atoms with E-state index in [1.807, 2.05) is 6.07 Å². The van der Waals surface area contributed by atoms with E-state index in [-0.39, 0.29) is 11.7 Å². The van der Waals surface area contributed by atoms with E-state index in [2.05, 4.69) is 18.2 Å². The molecule has 0 aromatic heterocycles. The summed E-state index contributed by atoms with van der Waals surface area (Å²) in [5.74, 6) is 0.513. The Morgan fingerprint density at radius 1 is 1.40 bits per heavy atom. The van der Waals surface area contributed by atoms with Gasteiger partial charge in [-0.1, -0.05) is 24.3 Å². The Balaban J connectivity index is 2.09. The summed E-state index contributed by atoms with van der Waals surface area (Å²) in [6, 6.07) is 8.33. The summed E-state index contributed by atoms with van der Waals surface area (Å²) in [6.45, 7) is 1.45. The van der Waals surface area contributed by atoms with Gasteiger partial charge in [-0.15, -0.1) is 11.6 Å². The number of hydrogen-bond donors (Lipinski definition) is 0. The zero-order valence-corrected chi connectivity index (χ0v) is 9.17. The van der Waals surface area contributed by atoms with Gasteiger partial charge in [-0.05, 0) is 11.1 Å². The van der Waals surface area contributed by atoms with Crippen molar-refractivity contribution in [1.82, 2.24) is 0 Å². The summed E-state index contributed by atoms with van der Waals surface area (Å²) in [5, 5.41) is 0. The molecule has 0 amide bonds. The van der Waals surface area contributed by atoms with E-state index >= 15 is 0 Å². The predicted molar refractivity (Wildman–Crippen MR) is 58.1 cm³/mol. The molecule has 2 atom stereocenters. The summed E-state index contributed by atoms with van der Waals surface area (Å²) in [4.78, 5) is 0. The minimum absolute atomic E-state index is 0.0320. The average molecular weight is 225 g/mol. The van der Waals surface area contributed by atoms with Crippen molar-refractivity contribution in [3.8, 4) is 0 Å². The summed E-state index contributed by atoms with van der Waals surface area (Å²) in [5.41, 5.74) is 2.29. The van der Waals surface area contributed by atoms with Crippen LogP contribution in [0.25, 0.3) is 0 Å². The molecule has 1 saturated heterocycles. The molecular weight excluding hydrogens is 212 g/mol.